The molecule has 0 N–H and O–H groups in total. The van der Waals surface area contributed by atoms with Crippen LogP contribution in [-0.4, -0.2) is 47.0 Å². The molecule has 5 nitrogen and oxygen atoms in total. The summed E-state index contributed by atoms with van der Waals surface area (Å²) in [7, 11) is 0. The molecule has 126 valence electrons. The zero-order valence-corrected chi connectivity index (χ0v) is 15.0. The molecule has 1 aromatic carbocycles. The summed E-state index contributed by atoms with van der Waals surface area (Å²) in [5.41, 5.74) is -0.148. The maximum atomic E-state index is 13.9. The number of hydrogen-bond donors (Lipinski definition) is 0. The van der Waals surface area contributed by atoms with E-state index in [1.54, 1.807) is 37.8 Å². The Labute approximate surface area is 143 Å². The van der Waals surface area contributed by atoms with Gasteiger partial charge in [0, 0.05) is 29.7 Å². The molecule has 7 heteroatoms. The van der Waals surface area contributed by atoms with Crippen LogP contribution in [0.1, 0.15) is 26.3 Å². The van der Waals surface area contributed by atoms with E-state index in [4.69, 9.17) is 4.74 Å². The zero-order chi connectivity index (χ0) is 17.2. The van der Waals surface area contributed by atoms with Crippen molar-refractivity contribution in [3.8, 4) is 0 Å². The number of ether oxygens (including phenoxy) is 1. The van der Waals surface area contributed by atoms with Gasteiger partial charge in [-0.1, -0.05) is 22.0 Å². The first-order valence-electron chi connectivity index (χ1n) is 7.35. The second-order valence-corrected chi connectivity index (χ2v) is 7.37. The first kappa shape index (κ1) is 17.7. The van der Waals surface area contributed by atoms with Gasteiger partial charge < -0.3 is 9.64 Å². The molecular weight excluding hydrogens is 367 g/mol. The lowest BCUT2D eigenvalue weighted by atomic mass is 10.2. The van der Waals surface area contributed by atoms with Crippen molar-refractivity contribution >= 4 is 27.9 Å². The molecule has 0 aliphatic carbocycles. The van der Waals surface area contributed by atoms with Gasteiger partial charge in [0.15, 0.2) is 0 Å². The van der Waals surface area contributed by atoms with E-state index in [-0.39, 0.29) is 24.8 Å². The van der Waals surface area contributed by atoms with Gasteiger partial charge in [-0.3, -0.25) is 9.69 Å². The first-order chi connectivity index (χ1) is 10.7. The summed E-state index contributed by atoms with van der Waals surface area (Å²) in [6, 6.07) is 4.75. The number of hydrogen-bond acceptors (Lipinski definition) is 3. The second kappa shape index (κ2) is 6.86. The van der Waals surface area contributed by atoms with Crippen LogP contribution < -0.4 is 0 Å². The summed E-state index contributed by atoms with van der Waals surface area (Å²) >= 11 is 3.20. The summed E-state index contributed by atoms with van der Waals surface area (Å²) in [5.74, 6) is -0.578. The van der Waals surface area contributed by atoms with Crippen LogP contribution >= 0.6 is 15.9 Å². The molecule has 0 atom stereocenters. The Kier molecular flexibility index (Phi) is 5.29. The number of nitrogens with zero attached hydrogens (tertiary/aromatic N) is 2. The van der Waals surface area contributed by atoms with Crippen LogP contribution in [0.3, 0.4) is 0 Å². The minimum absolute atomic E-state index is 0.0486. The van der Waals surface area contributed by atoms with Gasteiger partial charge in [0.05, 0.1) is 0 Å². The Morgan fingerprint density at radius 2 is 2.04 bits per heavy atom. The fourth-order valence-electron chi connectivity index (χ4n) is 2.21. The van der Waals surface area contributed by atoms with Gasteiger partial charge in [0.25, 0.3) is 0 Å². The highest BCUT2D eigenvalue weighted by atomic mass is 79.9. The Bertz CT molecular complexity index is 616. The number of piperazine rings is 1. The van der Waals surface area contributed by atoms with Crippen LogP contribution in [0.4, 0.5) is 9.18 Å². The number of carbonyl (C=O) groups is 2. The highest BCUT2D eigenvalue weighted by Crippen LogP contribution is 2.18. The predicted molar refractivity (Wildman–Crippen MR) is 87.3 cm³/mol. The summed E-state index contributed by atoms with van der Waals surface area (Å²) in [4.78, 5) is 27.1. The molecule has 0 radical (unpaired) electrons. The van der Waals surface area contributed by atoms with Crippen molar-refractivity contribution in [1.29, 1.82) is 0 Å². The number of halogens is 2. The third-order valence-corrected chi connectivity index (χ3v) is 3.84. The molecule has 0 saturated carbocycles. The lowest BCUT2D eigenvalue weighted by Gasteiger charge is -2.35. The van der Waals surface area contributed by atoms with E-state index in [0.29, 0.717) is 23.1 Å². The molecule has 2 amide bonds. The fourth-order valence-corrected chi connectivity index (χ4v) is 2.55. The predicted octanol–water partition coefficient (Wildman–Crippen LogP) is 3.17. The average Bonchev–Trinajstić information content (AvgIpc) is 2.41. The number of carbonyl (C=O) groups excluding carboxylic acids is 2. The van der Waals surface area contributed by atoms with E-state index < -0.39 is 11.7 Å². The quantitative estimate of drug-likeness (QED) is 0.784. The number of rotatable bonds is 2. The van der Waals surface area contributed by atoms with Gasteiger partial charge in [-0.05, 0) is 32.9 Å². The molecule has 1 fully saturated rings. The Hall–Kier alpha value is -1.63. The van der Waals surface area contributed by atoms with Crippen molar-refractivity contribution in [3.63, 3.8) is 0 Å². The Balaban J connectivity index is 1.96. The molecule has 2 rings (SSSR count). The normalized spacial score (nSPS) is 15.8. The Morgan fingerprint density at radius 1 is 1.35 bits per heavy atom. The second-order valence-electron chi connectivity index (χ2n) is 6.45. The molecule has 0 bridgehead atoms. The van der Waals surface area contributed by atoms with Crippen molar-refractivity contribution in [2.45, 2.75) is 32.9 Å². The standard InChI is InChI=1S/C16H20BrFN2O3/c1-16(2,3)23-15(22)20-7-6-19(14(21)10-20)9-11-4-5-12(17)8-13(11)18/h4-5,8H,6-7,9-10H2,1-3H3. The largest absolute Gasteiger partial charge is 0.444 e. The van der Waals surface area contributed by atoms with E-state index in [9.17, 15) is 14.0 Å². The monoisotopic (exact) mass is 386 g/mol. The molecule has 1 aliphatic rings. The lowest BCUT2D eigenvalue weighted by Crippen LogP contribution is -2.52. The minimum atomic E-state index is -0.599. The van der Waals surface area contributed by atoms with Gasteiger partial charge in [0.1, 0.15) is 18.0 Å². The third-order valence-electron chi connectivity index (χ3n) is 3.35. The van der Waals surface area contributed by atoms with E-state index >= 15 is 0 Å². The zero-order valence-electron chi connectivity index (χ0n) is 13.4. The van der Waals surface area contributed by atoms with Crippen LogP contribution in [0.2, 0.25) is 0 Å². The topological polar surface area (TPSA) is 49.9 Å². The van der Waals surface area contributed by atoms with Gasteiger partial charge in [0.2, 0.25) is 5.91 Å². The molecule has 0 spiro atoms. The molecule has 0 aromatic heterocycles. The molecule has 1 aromatic rings. The van der Waals surface area contributed by atoms with Gasteiger partial charge in [-0.25, -0.2) is 9.18 Å². The van der Waals surface area contributed by atoms with Crippen LogP contribution in [-0.2, 0) is 16.1 Å². The summed E-state index contributed by atoms with van der Waals surface area (Å²) in [6.45, 7) is 6.21. The van der Waals surface area contributed by atoms with Crippen molar-refractivity contribution in [2.24, 2.45) is 0 Å². The van der Waals surface area contributed by atoms with E-state index in [1.807, 2.05) is 0 Å². The molecule has 23 heavy (non-hydrogen) atoms. The maximum absolute atomic E-state index is 13.9. The minimum Gasteiger partial charge on any atom is -0.444 e. The molecule has 0 unspecified atom stereocenters. The van der Waals surface area contributed by atoms with E-state index in [2.05, 4.69) is 15.9 Å². The first-order valence-corrected chi connectivity index (χ1v) is 8.14. The smallest absolute Gasteiger partial charge is 0.410 e. The van der Waals surface area contributed by atoms with Crippen molar-refractivity contribution < 1.29 is 18.7 Å². The molecule has 1 saturated heterocycles. The van der Waals surface area contributed by atoms with Crippen LogP contribution in [0, 0.1) is 5.82 Å². The van der Waals surface area contributed by atoms with Crippen molar-refractivity contribution in [2.75, 3.05) is 19.6 Å². The highest BCUT2D eigenvalue weighted by molar-refractivity contribution is 9.10. The average molecular weight is 387 g/mol. The SMILES string of the molecule is CC(C)(C)OC(=O)N1CCN(Cc2ccc(Br)cc2F)C(=O)C1. The van der Waals surface area contributed by atoms with Gasteiger partial charge in [-0.15, -0.1) is 0 Å². The molecule has 1 aliphatic heterocycles. The van der Waals surface area contributed by atoms with E-state index in [1.165, 1.54) is 11.0 Å². The van der Waals surface area contributed by atoms with Crippen LogP contribution in [0.15, 0.2) is 22.7 Å². The summed E-state index contributed by atoms with van der Waals surface area (Å²) < 4.78 is 19.8. The summed E-state index contributed by atoms with van der Waals surface area (Å²) in [5, 5.41) is 0. The molecule has 1 heterocycles. The highest BCUT2D eigenvalue weighted by Gasteiger charge is 2.30. The number of benzene rings is 1. The lowest BCUT2D eigenvalue weighted by molar-refractivity contribution is -0.136. The van der Waals surface area contributed by atoms with Gasteiger partial charge in [-0.2, -0.15) is 0 Å². The summed E-state index contributed by atoms with van der Waals surface area (Å²) in [6.07, 6.45) is -0.500. The van der Waals surface area contributed by atoms with Crippen molar-refractivity contribution in [1.82, 2.24) is 9.80 Å². The van der Waals surface area contributed by atoms with Crippen molar-refractivity contribution in [3.05, 3.63) is 34.1 Å². The van der Waals surface area contributed by atoms with Crippen LogP contribution in [0.5, 0.6) is 0 Å². The van der Waals surface area contributed by atoms with E-state index in [0.717, 1.165) is 0 Å². The fraction of sp³-hybridized carbons (Fsp3) is 0.500. The maximum Gasteiger partial charge on any atom is 0.410 e. The number of amides is 2. The Morgan fingerprint density at radius 3 is 2.61 bits per heavy atom. The third kappa shape index (κ3) is 4.92. The van der Waals surface area contributed by atoms with Gasteiger partial charge >= 0.3 is 6.09 Å². The molecular formula is C16H20BrFN2O3. The van der Waals surface area contributed by atoms with Crippen LogP contribution in [0.25, 0.3) is 0 Å².